The standard InChI is InChI=1S/C13H19ClN4O/c1-17-4-6-18(7-5-17)9-13(19)16-12-8-10(14)2-3-11(12)15/h2-3,8H,4-7,9,15H2,1H3,(H,16,19). The Hall–Kier alpha value is -1.30. The Bertz CT molecular complexity index is 458. The molecule has 0 spiro atoms. The molecule has 1 fully saturated rings. The maximum Gasteiger partial charge on any atom is 0.238 e. The Labute approximate surface area is 118 Å². The third-order valence-electron chi connectivity index (χ3n) is 3.25. The van der Waals surface area contributed by atoms with Gasteiger partial charge in [-0.2, -0.15) is 0 Å². The van der Waals surface area contributed by atoms with E-state index in [1.807, 2.05) is 0 Å². The predicted octanol–water partition coefficient (Wildman–Crippen LogP) is 1.11. The molecule has 1 aromatic carbocycles. The van der Waals surface area contributed by atoms with Crippen LogP contribution in [0.5, 0.6) is 0 Å². The van der Waals surface area contributed by atoms with Crippen molar-refractivity contribution in [3.8, 4) is 0 Å². The number of hydrogen-bond acceptors (Lipinski definition) is 4. The zero-order chi connectivity index (χ0) is 13.8. The number of likely N-dealkylation sites (N-methyl/N-ethyl adjacent to an activating group) is 1. The van der Waals surface area contributed by atoms with Gasteiger partial charge in [0.05, 0.1) is 17.9 Å². The fourth-order valence-corrected chi connectivity index (χ4v) is 2.21. The van der Waals surface area contributed by atoms with Crippen LogP contribution in [0.15, 0.2) is 18.2 Å². The van der Waals surface area contributed by atoms with Gasteiger partial charge < -0.3 is 16.0 Å². The molecule has 1 aliphatic rings. The van der Waals surface area contributed by atoms with Crippen molar-refractivity contribution in [2.75, 3.05) is 50.8 Å². The van der Waals surface area contributed by atoms with E-state index in [2.05, 4.69) is 22.2 Å². The Balaban J connectivity index is 1.89. The molecular formula is C13H19ClN4O. The van der Waals surface area contributed by atoms with Crippen molar-refractivity contribution in [2.45, 2.75) is 0 Å². The molecule has 104 valence electrons. The molecular weight excluding hydrogens is 264 g/mol. The summed E-state index contributed by atoms with van der Waals surface area (Å²) < 4.78 is 0. The first-order valence-electron chi connectivity index (χ1n) is 6.30. The highest BCUT2D eigenvalue weighted by Gasteiger charge is 2.16. The highest BCUT2D eigenvalue weighted by atomic mass is 35.5. The summed E-state index contributed by atoms with van der Waals surface area (Å²) in [5, 5.41) is 3.37. The second-order valence-corrected chi connectivity index (χ2v) is 5.30. The van der Waals surface area contributed by atoms with Crippen LogP contribution in [0.3, 0.4) is 0 Å². The Morgan fingerprint density at radius 3 is 2.74 bits per heavy atom. The Kier molecular flexibility index (Phi) is 4.63. The third-order valence-corrected chi connectivity index (χ3v) is 3.49. The fraction of sp³-hybridized carbons (Fsp3) is 0.462. The monoisotopic (exact) mass is 282 g/mol. The fourth-order valence-electron chi connectivity index (χ4n) is 2.04. The summed E-state index contributed by atoms with van der Waals surface area (Å²) in [6.07, 6.45) is 0. The lowest BCUT2D eigenvalue weighted by molar-refractivity contribution is -0.117. The Morgan fingerprint density at radius 2 is 2.05 bits per heavy atom. The van der Waals surface area contributed by atoms with Crippen molar-refractivity contribution in [2.24, 2.45) is 0 Å². The highest BCUT2D eigenvalue weighted by Crippen LogP contribution is 2.22. The van der Waals surface area contributed by atoms with E-state index in [1.165, 1.54) is 0 Å². The van der Waals surface area contributed by atoms with Crippen LogP contribution >= 0.6 is 11.6 Å². The number of nitrogens with one attached hydrogen (secondary N) is 1. The molecule has 19 heavy (non-hydrogen) atoms. The number of carbonyl (C=O) groups excluding carboxylic acids is 1. The lowest BCUT2D eigenvalue weighted by Crippen LogP contribution is -2.47. The first-order valence-corrected chi connectivity index (χ1v) is 6.68. The van der Waals surface area contributed by atoms with Crippen LogP contribution in [0.1, 0.15) is 0 Å². The Morgan fingerprint density at radius 1 is 1.37 bits per heavy atom. The number of nitrogens with two attached hydrogens (primary N) is 1. The third kappa shape index (κ3) is 4.09. The summed E-state index contributed by atoms with van der Waals surface area (Å²) >= 11 is 5.89. The quantitative estimate of drug-likeness (QED) is 0.816. The van der Waals surface area contributed by atoms with Crippen molar-refractivity contribution in [1.82, 2.24) is 9.80 Å². The van der Waals surface area contributed by atoms with Gasteiger partial charge in [-0.3, -0.25) is 9.69 Å². The maximum absolute atomic E-state index is 12.0. The van der Waals surface area contributed by atoms with Crippen LogP contribution in [0.2, 0.25) is 5.02 Å². The highest BCUT2D eigenvalue weighted by molar-refractivity contribution is 6.31. The number of nitrogen functional groups attached to an aromatic ring is 1. The van der Waals surface area contributed by atoms with Gasteiger partial charge in [0.2, 0.25) is 5.91 Å². The van der Waals surface area contributed by atoms with Gasteiger partial charge in [-0.1, -0.05) is 11.6 Å². The largest absolute Gasteiger partial charge is 0.397 e. The summed E-state index contributed by atoms with van der Waals surface area (Å²) in [6, 6.07) is 5.06. The van der Waals surface area contributed by atoms with Gasteiger partial charge in [-0.05, 0) is 25.2 Å². The van der Waals surface area contributed by atoms with Crippen molar-refractivity contribution in [3.63, 3.8) is 0 Å². The van der Waals surface area contributed by atoms with Crippen LogP contribution in [-0.2, 0) is 4.79 Å². The molecule has 0 saturated carbocycles. The molecule has 1 amide bonds. The predicted molar refractivity (Wildman–Crippen MR) is 78.4 cm³/mol. The van der Waals surface area contributed by atoms with Gasteiger partial charge in [0.1, 0.15) is 0 Å². The van der Waals surface area contributed by atoms with Crippen LogP contribution < -0.4 is 11.1 Å². The first-order chi connectivity index (χ1) is 9.04. The molecule has 0 aromatic heterocycles. The van der Waals surface area contributed by atoms with E-state index in [1.54, 1.807) is 18.2 Å². The average Bonchev–Trinajstić information content (AvgIpc) is 2.37. The minimum Gasteiger partial charge on any atom is -0.397 e. The summed E-state index contributed by atoms with van der Waals surface area (Å²) in [7, 11) is 2.09. The lowest BCUT2D eigenvalue weighted by Gasteiger charge is -2.31. The van der Waals surface area contributed by atoms with E-state index in [4.69, 9.17) is 17.3 Å². The lowest BCUT2D eigenvalue weighted by atomic mass is 10.2. The second-order valence-electron chi connectivity index (χ2n) is 4.86. The number of rotatable bonds is 3. The summed E-state index contributed by atoms with van der Waals surface area (Å²) in [5.41, 5.74) is 6.90. The van der Waals surface area contributed by atoms with E-state index >= 15 is 0 Å². The topological polar surface area (TPSA) is 61.6 Å². The number of amides is 1. The SMILES string of the molecule is CN1CCN(CC(=O)Nc2cc(Cl)ccc2N)CC1. The van der Waals surface area contributed by atoms with Gasteiger partial charge in [-0.15, -0.1) is 0 Å². The molecule has 0 atom stereocenters. The van der Waals surface area contributed by atoms with Gasteiger partial charge in [0, 0.05) is 31.2 Å². The van der Waals surface area contributed by atoms with Crippen molar-refractivity contribution < 1.29 is 4.79 Å². The second kappa shape index (κ2) is 6.23. The van der Waals surface area contributed by atoms with E-state index in [-0.39, 0.29) is 5.91 Å². The van der Waals surface area contributed by atoms with Crippen LogP contribution in [0.25, 0.3) is 0 Å². The minimum atomic E-state index is -0.0569. The van der Waals surface area contributed by atoms with Gasteiger partial charge in [0.25, 0.3) is 0 Å². The summed E-state index contributed by atoms with van der Waals surface area (Å²) in [6.45, 7) is 4.20. The molecule has 1 aromatic rings. The molecule has 1 saturated heterocycles. The van der Waals surface area contributed by atoms with Crippen molar-refractivity contribution in [3.05, 3.63) is 23.2 Å². The normalized spacial score (nSPS) is 17.4. The molecule has 5 nitrogen and oxygen atoms in total. The number of anilines is 2. The molecule has 1 heterocycles. The van der Waals surface area contributed by atoms with Gasteiger partial charge in [0.15, 0.2) is 0 Å². The smallest absolute Gasteiger partial charge is 0.238 e. The maximum atomic E-state index is 12.0. The minimum absolute atomic E-state index is 0.0569. The molecule has 3 N–H and O–H groups in total. The van der Waals surface area contributed by atoms with E-state index in [0.717, 1.165) is 26.2 Å². The van der Waals surface area contributed by atoms with Crippen LogP contribution in [0.4, 0.5) is 11.4 Å². The summed E-state index contributed by atoms with van der Waals surface area (Å²) in [4.78, 5) is 16.3. The number of halogens is 1. The first kappa shape index (κ1) is 14.1. The number of hydrogen-bond donors (Lipinski definition) is 2. The zero-order valence-electron chi connectivity index (χ0n) is 11.0. The molecule has 0 unspecified atom stereocenters. The van der Waals surface area contributed by atoms with Gasteiger partial charge >= 0.3 is 0 Å². The molecule has 0 radical (unpaired) electrons. The molecule has 1 aliphatic heterocycles. The van der Waals surface area contributed by atoms with Crippen LogP contribution in [-0.4, -0.2) is 55.5 Å². The number of carbonyl (C=O) groups is 1. The molecule has 0 bridgehead atoms. The number of benzene rings is 1. The van der Waals surface area contributed by atoms with E-state index in [9.17, 15) is 4.79 Å². The molecule has 6 heteroatoms. The number of piperazine rings is 1. The van der Waals surface area contributed by atoms with Gasteiger partial charge in [-0.25, -0.2) is 0 Å². The number of nitrogens with zero attached hydrogens (tertiary/aromatic N) is 2. The zero-order valence-corrected chi connectivity index (χ0v) is 11.8. The van der Waals surface area contributed by atoms with E-state index < -0.39 is 0 Å². The van der Waals surface area contributed by atoms with Crippen molar-refractivity contribution in [1.29, 1.82) is 0 Å². The summed E-state index contributed by atoms with van der Waals surface area (Å²) in [5.74, 6) is -0.0569. The molecule has 0 aliphatic carbocycles. The van der Waals surface area contributed by atoms with Crippen LogP contribution in [0, 0.1) is 0 Å². The van der Waals surface area contributed by atoms with E-state index in [0.29, 0.717) is 22.9 Å². The average molecular weight is 283 g/mol. The molecule has 2 rings (SSSR count). The van der Waals surface area contributed by atoms with Crippen molar-refractivity contribution >= 4 is 28.9 Å².